The first-order valence-corrected chi connectivity index (χ1v) is 7.80. The molecule has 1 saturated carbocycles. The Morgan fingerprint density at radius 3 is 2.72 bits per heavy atom. The SMILES string of the molecule is COC1(c2nc3c(s2)C(O)CCC3)CCCCC1. The summed E-state index contributed by atoms with van der Waals surface area (Å²) in [6.07, 6.45) is 8.56. The second-order valence-electron chi connectivity index (χ2n) is 5.50. The molecule has 1 unspecified atom stereocenters. The van der Waals surface area contributed by atoms with E-state index >= 15 is 0 Å². The number of hydrogen-bond acceptors (Lipinski definition) is 4. The first kappa shape index (κ1) is 12.6. The van der Waals surface area contributed by atoms with Gasteiger partial charge in [-0.15, -0.1) is 11.3 Å². The van der Waals surface area contributed by atoms with Crippen molar-refractivity contribution < 1.29 is 9.84 Å². The van der Waals surface area contributed by atoms with E-state index in [0.29, 0.717) is 0 Å². The molecule has 2 aliphatic rings. The van der Waals surface area contributed by atoms with E-state index in [1.807, 2.05) is 7.11 Å². The molecule has 1 aromatic rings. The molecule has 100 valence electrons. The van der Waals surface area contributed by atoms with Crippen molar-refractivity contribution >= 4 is 11.3 Å². The number of nitrogens with zero attached hydrogens (tertiary/aromatic N) is 1. The number of hydrogen-bond donors (Lipinski definition) is 1. The van der Waals surface area contributed by atoms with Gasteiger partial charge in [0.05, 0.1) is 16.7 Å². The van der Waals surface area contributed by atoms with Crippen molar-refractivity contribution in [1.82, 2.24) is 4.98 Å². The second kappa shape index (κ2) is 4.91. The predicted octanol–water partition coefficient (Wildman–Crippen LogP) is 3.32. The van der Waals surface area contributed by atoms with Gasteiger partial charge < -0.3 is 9.84 Å². The van der Waals surface area contributed by atoms with Gasteiger partial charge in [0.2, 0.25) is 0 Å². The van der Waals surface area contributed by atoms with Crippen molar-refractivity contribution in [3.05, 3.63) is 15.6 Å². The zero-order valence-electron chi connectivity index (χ0n) is 10.9. The molecule has 4 heteroatoms. The van der Waals surface area contributed by atoms with Crippen LogP contribution < -0.4 is 0 Å². The Kier molecular flexibility index (Phi) is 3.43. The van der Waals surface area contributed by atoms with E-state index < -0.39 is 0 Å². The summed E-state index contributed by atoms with van der Waals surface area (Å²) in [5, 5.41) is 11.2. The normalized spacial score (nSPS) is 26.9. The smallest absolute Gasteiger partial charge is 0.125 e. The molecule has 0 bridgehead atoms. The minimum absolute atomic E-state index is 0.167. The van der Waals surface area contributed by atoms with Crippen molar-refractivity contribution in [3.63, 3.8) is 0 Å². The number of thiazole rings is 1. The molecular formula is C14H21NO2S. The monoisotopic (exact) mass is 267 g/mol. The van der Waals surface area contributed by atoms with Crippen molar-refractivity contribution in [2.75, 3.05) is 7.11 Å². The number of aliphatic hydroxyl groups excluding tert-OH is 1. The topological polar surface area (TPSA) is 42.4 Å². The Bertz CT molecular complexity index is 423. The van der Waals surface area contributed by atoms with Gasteiger partial charge in [0.1, 0.15) is 10.6 Å². The predicted molar refractivity (Wildman–Crippen MR) is 71.8 cm³/mol. The fraction of sp³-hybridized carbons (Fsp3) is 0.786. The van der Waals surface area contributed by atoms with E-state index in [4.69, 9.17) is 9.72 Å². The summed E-state index contributed by atoms with van der Waals surface area (Å²) in [6, 6.07) is 0. The van der Waals surface area contributed by atoms with Crippen LogP contribution in [0.1, 0.15) is 66.6 Å². The van der Waals surface area contributed by atoms with E-state index in [9.17, 15) is 5.11 Å². The molecule has 1 fully saturated rings. The number of methoxy groups -OCH3 is 1. The maximum atomic E-state index is 10.1. The molecule has 1 heterocycles. The number of rotatable bonds is 2. The van der Waals surface area contributed by atoms with Gasteiger partial charge in [0.15, 0.2) is 0 Å². The molecule has 18 heavy (non-hydrogen) atoms. The minimum atomic E-state index is -0.294. The van der Waals surface area contributed by atoms with Crippen LogP contribution in [0.15, 0.2) is 0 Å². The van der Waals surface area contributed by atoms with E-state index in [1.54, 1.807) is 11.3 Å². The number of aromatic nitrogens is 1. The number of ether oxygens (including phenoxy) is 1. The first-order valence-electron chi connectivity index (χ1n) is 6.98. The van der Waals surface area contributed by atoms with Crippen LogP contribution in [0.2, 0.25) is 0 Å². The molecule has 1 N–H and O–H groups in total. The summed E-state index contributed by atoms with van der Waals surface area (Å²) in [5.74, 6) is 0. The lowest BCUT2D eigenvalue weighted by atomic mass is 9.85. The van der Waals surface area contributed by atoms with Gasteiger partial charge in [-0.1, -0.05) is 19.3 Å². The average Bonchev–Trinajstić information content (AvgIpc) is 2.85. The maximum absolute atomic E-state index is 10.1. The number of fused-ring (bicyclic) bond motifs is 1. The number of aryl methyl sites for hydroxylation is 1. The summed E-state index contributed by atoms with van der Waals surface area (Å²) >= 11 is 1.69. The molecule has 0 radical (unpaired) electrons. The first-order chi connectivity index (χ1) is 8.75. The quantitative estimate of drug-likeness (QED) is 0.894. The third-order valence-corrected chi connectivity index (χ3v) is 5.75. The maximum Gasteiger partial charge on any atom is 0.125 e. The van der Waals surface area contributed by atoms with Crippen LogP contribution in [0.4, 0.5) is 0 Å². The Morgan fingerprint density at radius 1 is 1.28 bits per heavy atom. The lowest BCUT2D eigenvalue weighted by Gasteiger charge is -2.34. The zero-order chi connectivity index (χ0) is 12.6. The van der Waals surface area contributed by atoms with Crippen LogP contribution in [0.3, 0.4) is 0 Å². The fourth-order valence-corrected chi connectivity index (χ4v) is 4.58. The Morgan fingerprint density at radius 2 is 2.06 bits per heavy atom. The van der Waals surface area contributed by atoms with Gasteiger partial charge in [-0.2, -0.15) is 0 Å². The lowest BCUT2D eigenvalue weighted by molar-refractivity contribution is -0.0447. The van der Waals surface area contributed by atoms with Crippen LogP contribution in [-0.2, 0) is 16.8 Å². The molecule has 0 saturated heterocycles. The van der Waals surface area contributed by atoms with E-state index in [1.165, 1.54) is 19.3 Å². The summed E-state index contributed by atoms with van der Waals surface area (Å²) in [6.45, 7) is 0. The summed E-state index contributed by atoms with van der Waals surface area (Å²) in [4.78, 5) is 5.90. The van der Waals surface area contributed by atoms with Crippen LogP contribution in [0.25, 0.3) is 0 Å². The molecule has 0 spiro atoms. The highest BCUT2D eigenvalue weighted by atomic mass is 32.1. The zero-order valence-corrected chi connectivity index (χ0v) is 11.8. The Labute approximate surface area is 112 Å². The molecule has 0 aromatic carbocycles. The van der Waals surface area contributed by atoms with Crippen molar-refractivity contribution in [2.24, 2.45) is 0 Å². The van der Waals surface area contributed by atoms with E-state index in [-0.39, 0.29) is 11.7 Å². The highest BCUT2D eigenvalue weighted by Gasteiger charge is 2.38. The van der Waals surface area contributed by atoms with E-state index in [0.717, 1.165) is 47.7 Å². The molecule has 2 aliphatic carbocycles. The highest BCUT2D eigenvalue weighted by molar-refractivity contribution is 7.12. The van der Waals surface area contributed by atoms with Gasteiger partial charge in [-0.25, -0.2) is 4.98 Å². The highest BCUT2D eigenvalue weighted by Crippen LogP contribution is 2.45. The summed E-state index contributed by atoms with van der Waals surface area (Å²) < 4.78 is 5.84. The lowest BCUT2D eigenvalue weighted by Crippen LogP contribution is -2.30. The van der Waals surface area contributed by atoms with Crippen molar-refractivity contribution in [3.8, 4) is 0 Å². The molecule has 1 aromatic heterocycles. The Balaban J connectivity index is 1.95. The molecule has 1 atom stereocenters. The van der Waals surface area contributed by atoms with Gasteiger partial charge in [-0.05, 0) is 32.1 Å². The third kappa shape index (κ3) is 2.00. The summed E-state index contributed by atoms with van der Waals surface area (Å²) in [7, 11) is 1.81. The third-order valence-electron chi connectivity index (χ3n) is 4.36. The fourth-order valence-electron chi connectivity index (χ4n) is 3.22. The van der Waals surface area contributed by atoms with Crippen LogP contribution in [-0.4, -0.2) is 17.2 Å². The number of aliphatic hydroxyl groups is 1. The average molecular weight is 267 g/mol. The van der Waals surface area contributed by atoms with Gasteiger partial charge in [-0.3, -0.25) is 0 Å². The van der Waals surface area contributed by atoms with Crippen molar-refractivity contribution in [2.45, 2.75) is 63.1 Å². The molecule has 3 nitrogen and oxygen atoms in total. The van der Waals surface area contributed by atoms with Gasteiger partial charge in [0, 0.05) is 7.11 Å². The largest absolute Gasteiger partial charge is 0.388 e. The van der Waals surface area contributed by atoms with Crippen LogP contribution in [0.5, 0.6) is 0 Å². The van der Waals surface area contributed by atoms with Gasteiger partial charge >= 0.3 is 0 Å². The molecule has 0 aliphatic heterocycles. The molecule has 3 rings (SSSR count). The van der Waals surface area contributed by atoms with Gasteiger partial charge in [0.25, 0.3) is 0 Å². The van der Waals surface area contributed by atoms with Crippen LogP contribution >= 0.6 is 11.3 Å². The van der Waals surface area contributed by atoms with Crippen molar-refractivity contribution in [1.29, 1.82) is 0 Å². The molecule has 0 amide bonds. The van der Waals surface area contributed by atoms with Crippen LogP contribution in [0, 0.1) is 0 Å². The Hall–Kier alpha value is -0.450. The second-order valence-corrected chi connectivity index (χ2v) is 6.53. The molecular weight excluding hydrogens is 246 g/mol. The standard InChI is InChI=1S/C14H21NO2S/c1-17-14(8-3-2-4-9-14)13-15-10-6-5-7-11(16)12(10)18-13/h11,16H,2-9H2,1H3. The summed E-state index contributed by atoms with van der Waals surface area (Å²) in [5.41, 5.74) is 0.954. The van der Waals surface area contributed by atoms with E-state index in [2.05, 4.69) is 0 Å². The minimum Gasteiger partial charge on any atom is -0.388 e.